The molecule has 8 heteroatoms. The summed E-state index contributed by atoms with van der Waals surface area (Å²) >= 11 is 0. The third-order valence-corrected chi connectivity index (χ3v) is 4.11. The Morgan fingerprint density at radius 2 is 2.20 bits per heavy atom. The zero-order valence-corrected chi connectivity index (χ0v) is 14.5. The molecule has 1 aromatic carbocycles. The molecule has 3 rings (SSSR count). The van der Waals surface area contributed by atoms with E-state index in [1.807, 2.05) is 18.2 Å². The summed E-state index contributed by atoms with van der Waals surface area (Å²) in [6.07, 6.45) is -0.249. The van der Waals surface area contributed by atoms with E-state index in [0.717, 1.165) is 13.1 Å². The standard InChI is InChI=1S/C17H23N5O3/c1-3-24-17(23)13(2)22-19-16(18-20-22)15-12-21(9-10-25-15)11-14-7-5-4-6-8-14/h4-8,13,15H,3,9-12H2,1-2H3/t13-,15-/m0/s1. The molecule has 1 fully saturated rings. The summed E-state index contributed by atoms with van der Waals surface area (Å²) in [5, 5.41) is 12.4. The number of rotatable bonds is 6. The number of hydrogen-bond acceptors (Lipinski definition) is 7. The maximum atomic E-state index is 11.8. The van der Waals surface area contributed by atoms with Crippen LogP contribution in [0.25, 0.3) is 0 Å². The van der Waals surface area contributed by atoms with Crippen LogP contribution in [0.5, 0.6) is 0 Å². The fraction of sp³-hybridized carbons (Fsp3) is 0.529. The first-order chi connectivity index (χ1) is 12.2. The summed E-state index contributed by atoms with van der Waals surface area (Å²) in [6.45, 7) is 6.79. The summed E-state index contributed by atoms with van der Waals surface area (Å²) in [5.74, 6) is 0.121. The lowest BCUT2D eigenvalue weighted by atomic mass is 10.2. The molecule has 134 valence electrons. The van der Waals surface area contributed by atoms with Gasteiger partial charge in [-0.15, -0.1) is 15.0 Å². The van der Waals surface area contributed by atoms with Crippen LogP contribution in [0.2, 0.25) is 0 Å². The SMILES string of the molecule is CCOC(=O)[C@H](C)n1nnc([C@@H]2CN(Cc3ccccc3)CCO2)n1. The maximum Gasteiger partial charge on any atom is 0.332 e. The number of morpholine rings is 1. The van der Waals surface area contributed by atoms with Gasteiger partial charge in [0, 0.05) is 19.6 Å². The van der Waals surface area contributed by atoms with Gasteiger partial charge >= 0.3 is 5.97 Å². The fourth-order valence-electron chi connectivity index (χ4n) is 2.73. The molecule has 0 saturated carbocycles. The number of esters is 1. The highest BCUT2D eigenvalue weighted by Crippen LogP contribution is 2.20. The second kappa shape index (κ2) is 8.17. The molecule has 2 heterocycles. The molecule has 1 aliphatic rings. The average molecular weight is 345 g/mol. The van der Waals surface area contributed by atoms with Crippen molar-refractivity contribution in [1.82, 2.24) is 25.1 Å². The first kappa shape index (κ1) is 17.5. The third kappa shape index (κ3) is 4.40. The quantitative estimate of drug-likeness (QED) is 0.731. The van der Waals surface area contributed by atoms with Crippen molar-refractivity contribution in [1.29, 1.82) is 0 Å². The highest BCUT2D eigenvalue weighted by Gasteiger charge is 2.27. The minimum absolute atomic E-state index is 0.249. The highest BCUT2D eigenvalue weighted by molar-refractivity contribution is 5.73. The number of carbonyl (C=O) groups excluding carboxylic acids is 1. The maximum absolute atomic E-state index is 11.8. The van der Waals surface area contributed by atoms with Crippen LogP contribution in [0.4, 0.5) is 0 Å². The van der Waals surface area contributed by atoms with Gasteiger partial charge in [0.2, 0.25) is 5.82 Å². The molecule has 8 nitrogen and oxygen atoms in total. The van der Waals surface area contributed by atoms with Gasteiger partial charge in [0.15, 0.2) is 6.04 Å². The van der Waals surface area contributed by atoms with Gasteiger partial charge < -0.3 is 9.47 Å². The van der Waals surface area contributed by atoms with Crippen molar-refractivity contribution in [2.45, 2.75) is 32.5 Å². The summed E-state index contributed by atoms with van der Waals surface area (Å²) in [5.41, 5.74) is 1.26. The van der Waals surface area contributed by atoms with Crippen LogP contribution in [-0.4, -0.2) is 57.4 Å². The van der Waals surface area contributed by atoms with Crippen molar-refractivity contribution in [2.24, 2.45) is 0 Å². The van der Waals surface area contributed by atoms with Gasteiger partial charge in [-0.1, -0.05) is 30.3 Å². The van der Waals surface area contributed by atoms with Crippen molar-refractivity contribution in [2.75, 3.05) is 26.3 Å². The van der Waals surface area contributed by atoms with E-state index in [-0.39, 0.29) is 12.1 Å². The molecule has 2 atom stereocenters. The van der Waals surface area contributed by atoms with E-state index in [9.17, 15) is 4.79 Å². The molecule has 0 unspecified atom stereocenters. The van der Waals surface area contributed by atoms with Crippen LogP contribution in [0, 0.1) is 0 Å². The average Bonchev–Trinajstić information content (AvgIpc) is 3.12. The van der Waals surface area contributed by atoms with Crippen molar-refractivity contribution in [3.8, 4) is 0 Å². The Bertz CT molecular complexity index is 691. The van der Waals surface area contributed by atoms with Crippen molar-refractivity contribution in [3.05, 3.63) is 41.7 Å². The Kier molecular flexibility index (Phi) is 5.72. The van der Waals surface area contributed by atoms with E-state index in [0.29, 0.717) is 25.6 Å². The molecule has 0 amide bonds. The number of carbonyl (C=O) groups is 1. The number of tetrazole rings is 1. The van der Waals surface area contributed by atoms with Crippen LogP contribution in [0.1, 0.15) is 37.4 Å². The Morgan fingerprint density at radius 1 is 1.40 bits per heavy atom. The van der Waals surface area contributed by atoms with Crippen LogP contribution in [0.3, 0.4) is 0 Å². The number of hydrogen-bond donors (Lipinski definition) is 0. The summed E-state index contributed by atoms with van der Waals surface area (Å²) in [6, 6.07) is 9.71. The minimum Gasteiger partial charge on any atom is -0.464 e. The summed E-state index contributed by atoms with van der Waals surface area (Å²) in [7, 11) is 0. The second-order valence-electron chi connectivity index (χ2n) is 5.98. The van der Waals surface area contributed by atoms with Crippen LogP contribution < -0.4 is 0 Å². The van der Waals surface area contributed by atoms with Gasteiger partial charge in [-0.25, -0.2) is 4.79 Å². The molecular formula is C17H23N5O3. The van der Waals surface area contributed by atoms with Gasteiger partial charge in [0.05, 0.1) is 13.2 Å². The van der Waals surface area contributed by atoms with Crippen molar-refractivity contribution in [3.63, 3.8) is 0 Å². The van der Waals surface area contributed by atoms with Crippen LogP contribution >= 0.6 is 0 Å². The Hall–Kier alpha value is -2.32. The molecule has 1 aliphatic heterocycles. The van der Waals surface area contributed by atoms with Crippen LogP contribution in [-0.2, 0) is 20.8 Å². The summed E-state index contributed by atoms with van der Waals surface area (Å²) in [4.78, 5) is 15.4. The van der Waals surface area contributed by atoms with Gasteiger partial charge in [-0.3, -0.25) is 4.90 Å². The van der Waals surface area contributed by atoms with E-state index in [1.54, 1.807) is 13.8 Å². The Labute approximate surface area is 146 Å². The van der Waals surface area contributed by atoms with Crippen molar-refractivity contribution >= 4 is 5.97 Å². The Balaban J connectivity index is 1.63. The smallest absolute Gasteiger partial charge is 0.332 e. The highest BCUT2D eigenvalue weighted by atomic mass is 16.5. The number of nitrogens with zero attached hydrogens (tertiary/aromatic N) is 5. The monoisotopic (exact) mass is 345 g/mol. The van der Waals surface area contributed by atoms with Gasteiger partial charge in [-0.2, -0.15) is 0 Å². The predicted octanol–water partition coefficient (Wildman–Crippen LogP) is 1.37. The minimum atomic E-state index is -0.606. The van der Waals surface area contributed by atoms with E-state index in [2.05, 4.69) is 32.4 Å². The zero-order valence-electron chi connectivity index (χ0n) is 14.5. The van der Waals surface area contributed by atoms with Gasteiger partial charge in [0.1, 0.15) is 6.10 Å². The molecule has 0 aliphatic carbocycles. The lowest BCUT2D eigenvalue weighted by Crippen LogP contribution is -2.38. The lowest BCUT2D eigenvalue weighted by molar-refractivity contribution is -0.147. The van der Waals surface area contributed by atoms with E-state index in [1.165, 1.54) is 10.4 Å². The Morgan fingerprint density at radius 3 is 2.96 bits per heavy atom. The largest absolute Gasteiger partial charge is 0.464 e. The van der Waals surface area contributed by atoms with Crippen LogP contribution in [0.15, 0.2) is 30.3 Å². The number of aromatic nitrogens is 4. The molecule has 0 bridgehead atoms. The van der Waals surface area contributed by atoms with E-state index in [4.69, 9.17) is 9.47 Å². The lowest BCUT2D eigenvalue weighted by Gasteiger charge is -2.31. The molecule has 0 N–H and O–H groups in total. The third-order valence-electron chi connectivity index (χ3n) is 4.11. The number of benzene rings is 1. The normalized spacial score (nSPS) is 19.5. The van der Waals surface area contributed by atoms with E-state index >= 15 is 0 Å². The van der Waals surface area contributed by atoms with Crippen molar-refractivity contribution < 1.29 is 14.3 Å². The molecular weight excluding hydrogens is 322 g/mol. The molecule has 25 heavy (non-hydrogen) atoms. The molecule has 0 spiro atoms. The predicted molar refractivity (Wildman–Crippen MR) is 89.6 cm³/mol. The van der Waals surface area contributed by atoms with Gasteiger partial charge in [0.25, 0.3) is 0 Å². The first-order valence-electron chi connectivity index (χ1n) is 8.51. The number of ether oxygens (including phenoxy) is 2. The van der Waals surface area contributed by atoms with Gasteiger partial charge in [-0.05, 0) is 24.6 Å². The van der Waals surface area contributed by atoms with E-state index < -0.39 is 6.04 Å². The zero-order chi connectivity index (χ0) is 17.6. The second-order valence-corrected chi connectivity index (χ2v) is 5.98. The molecule has 0 radical (unpaired) electrons. The molecule has 2 aromatic rings. The molecule has 1 aromatic heterocycles. The topological polar surface area (TPSA) is 82.4 Å². The molecule has 1 saturated heterocycles. The summed E-state index contributed by atoms with van der Waals surface area (Å²) < 4.78 is 10.8. The first-order valence-corrected chi connectivity index (χ1v) is 8.51. The fourth-order valence-corrected chi connectivity index (χ4v) is 2.73.